The second-order valence-electron chi connectivity index (χ2n) is 4.33. The number of nitrogens with one attached hydrogen (secondary N) is 2. The third-order valence-corrected chi connectivity index (χ3v) is 6.44. The highest BCUT2D eigenvalue weighted by Gasteiger charge is 2.27. The first-order chi connectivity index (χ1) is 9.67. The molecule has 1 rings (SSSR count). The minimum atomic E-state index is -3.87. The summed E-state index contributed by atoms with van der Waals surface area (Å²) in [6.45, 7) is 3.79. The Morgan fingerprint density at radius 3 is 2.62 bits per heavy atom. The number of anilines is 1. The normalized spacial score (nSPS) is 14.6. The minimum Gasteiger partial charge on any atom is -0.372 e. The maximum atomic E-state index is 12.2. The lowest BCUT2D eigenvalue weighted by Crippen LogP contribution is -2.35. The van der Waals surface area contributed by atoms with Gasteiger partial charge >= 0.3 is 5.69 Å². The van der Waals surface area contributed by atoms with Crippen LogP contribution in [0.2, 0.25) is 0 Å². The molecule has 0 aliphatic carbocycles. The van der Waals surface area contributed by atoms with Gasteiger partial charge in [-0.1, -0.05) is 11.3 Å². The standard InChI is InChI=1S/C10H17N3O5S3/c1-4-11-10-8(13(14)15)5-9(19-10)21(17,18)12-7(2)6-20(3)16/h5,7,11-12H,4,6H2,1-3H3. The Balaban J connectivity index is 3.05. The fourth-order valence-corrected chi connectivity index (χ4v) is 5.17. The summed E-state index contributed by atoms with van der Waals surface area (Å²) in [5.74, 6) is 0.173. The zero-order valence-corrected chi connectivity index (χ0v) is 14.2. The molecule has 0 saturated carbocycles. The maximum absolute atomic E-state index is 12.2. The average Bonchev–Trinajstić information content (AvgIpc) is 2.72. The Hall–Kier alpha value is -1.04. The third-order valence-electron chi connectivity index (χ3n) is 2.33. The molecule has 21 heavy (non-hydrogen) atoms. The highest BCUT2D eigenvalue weighted by Crippen LogP contribution is 2.36. The molecule has 2 atom stereocenters. The summed E-state index contributed by atoms with van der Waals surface area (Å²) in [4.78, 5) is 10.3. The lowest BCUT2D eigenvalue weighted by atomic mass is 10.4. The molecule has 8 nitrogen and oxygen atoms in total. The van der Waals surface area contributed by atoms with Crippen molar-refractivity contribution in [1.82, 2.24) is 4.72 Å². The van der Waals surface area contributed by atoms with Crippen molar-refractivity contribution in [1.29, 1.82) is 0 Å². The fraction of sp³-hybridized carbons (Fsp3) is 0.600. The number of hydrogen-bond acceptors (Lipinski definition) is 7. The molecule has 0 aliphatic rings. The molecular formula is C10H17N3O5S3. The summed E-state index contributed by atoms with van der Waals surface area (Å²) < 4.78 is 37.6. The molecule has 11 heteroatoms. The number of hydrogen-bond donors (Lipinski definition) is 2. The van der Waals surface area contributed by atoms with Crippen LogP contribution in [0.4, 0.5) is 10.7 Å². The highest BCUT2D eigenvalue weighted by atomic mass is 32.2. The predicted molar refractivity (Wildman–Crippen MR) is 83.9 cm³/mol. The minimum absolute atomic E-state index is 0.140. The highest BCUT2D eigenvalue weighted by molar-refractivity contribution is 7.91. The molecule has 2 N–H and O–H groups in total. The van der Waals surface area contributed by atoms with Crippen molar-refractivity contribution in [2.24, 2.45) is 0 Å². The van der Waals surface area contributed by atoms with Crippen molar-refractivity contribution in [3.63, 3.8) is 0 Å². The van der Waals surface area contributed by atoms with Crippen LogP contribution < -0.4 is 10.0 Å². The first-order valence-corrected chi connectivity index (χ1v) is 10.0. The molecule has 1 heterocycles. The SMILES string of the molecule is CCNc1sc(S(=O)(=O)NC(C)CS(C)=O)cc1[N+](=O)[O-]. The number of thiophene rings is 1. The van der Waals surface area contributed by atoms with Crippen LogP contribution in [0.1, 0.15) is 13.8 Å². The van der Waals surface area contributed by atoms with Crippen molar-refractivity contribution < 1.29 is 17.6 Å². The number of nitrogens with zero attached hydrogens (tertiary/aromatic N) is 1. The van der Waals surface area contributed by atoms with E-state index in [-0.39, 0.29) is 20.7 Å². The summed E-state index contributed by atoms with van der Waals surface area (Å²) in [6.07, 6.45) is 1.48. The van der Waals surface area contributed by atoms with Gasteiger partial charge in [-0.15, -0.1) is 0 Å². The van der Waals surface area contributed by atoms with Gasteiger partial charge in [0.2, 0.25) is 0 Å². The van der Waals surface area contributed by atoms with E-state index >= 15 is 0 Å². The van der Waals surface area contributed by atoms with Crippen LogP contribution in [0.15, 0.2) is 10.3 Å². The molecule has 0 radical (unpaired) electrons. The van der Waals surface area contributed by atoms with Crippen LogP contribution >= 0.6 is 11.3 Å². The van der Waals surface area contributed by atoms with E-state index in [0.29, 0.717) is 6.54 Å². The van der Waals surface area contributed by atoms with Gasteiger partial charge in [0, 0.05) is 41.5 Å². The van der Waals surface area contributed by atoms with Gasteiger partial charge in [-0.2, -0.15) is 0 Å². The Kier molecular flexibility index (Phi) is 6.25. The molecule has 1 aromatic heterocycles. The van der Waals surface area contributed by atoms with Crippen molar-refractivity contribution in [2.75, 3.05) is 23.9 Å². The second kappa shape index (κ2) is 7.29. The Morgan fingerprint density at radius 2 is 2.14 bits per heavy atom. The van der Waals surface area contributed by atoms with Crippen molar-refractivity contribution in [3.8, 4) is 0 Å². The molecule has 0 aliphatic heterocycles. The smallest absolute Gasteiger partial charge is 0.304 e. The van der Waals surface area contributed by atoms with Crippen LogP contribution in [0.3, 0.4) is 0 Å². The summed E-state index contributed by atoms with van der Waals surface area (Å²) in [6, 6.07) is 0.505. The number of sulfonamides is 1. The number of nitro groups is 1. The second-order valence-corrected chi connectivity index (χ2v) is 8.80. The van der Waals surface area contributed by atoms with Gasteiger partial charge in [0.25, 0.3) is 10.0 Å². The van der Waals surface area contributed by atoms with Gasteiger partial charge in [-0.3, -0.25) is 14.3 Å². The fourth-order valence-electron chi connectivity index (χ4n) is 1.62. The van der Waals surface area contributed by atoms with E-state index < -0.39 is 31.8 Å². The van der Waals surface area contributed by atoms with E-state index in [2.05, 4.69) is 10.0 Å². The molecule has 2 unspecified atom stereocenters. The van der Waals surface area contributed by atoms with Crippen LogP contribution in [0.5, 0.6) is 0 Å². The zero-order valence-electron chi connectivity index (χ0n) is 11.8. The molecule has 0 aromatic carbocycles. The van der Waals surface area contributed by atoms with Gasteiger partial charge in [0.15, 0.2) is 5.00 Å². The molecule has 0 saturated heterocycles. The van der Waals surface area contributed by atoms with Crippen LogP contribution in [0.25, 0.3) is 0 Å². The van der Waals surface area contributed by atoms with Crippen molar-refractivity contribution in [3.05, 3.63) is 16.2 Å². The lowest BCUT2D eigenvalue weighted by Gasteiger charge is -2.11. The molecule has 0 bridgehead atoms. The molecule has 0 amide bonds. The third kappa shape index (κ3) is 5.02. The van der Waals surface area contributed by atoms with Gasteiger partial charge in [-0.05, 0) is 13.8 Å². The molecule has 0 fully saturated rings. The summed E-state index contributed by atoms with van der Waals surface area (Å²) in [5.41, 5.74) is -0.269. The first kappa shape index (κ1) is 18.0. The van der Waals surface area contributed by atoms with E-state index in [9.17, 15) is 22.7 Å². The van der Waals surface area contributed by atoms with Crippen LogP contribution in [0, 0.1) is 10.1 Å². The van der Waals surface area contributed by atoms with Crippen molar-refractivity contribution in [2.45, 2.75) is 24.1 Å². The molecule has 120 valence electrons. The van der Waals surface area contributed by atoms with E-state index in [1.54, 1.807) is 13.8 Å². The topological polar surface area (TPSA) is 118 Å². The Bertz CT molecular complexity index is 640. The Labute approximate surface area is 129 Å². The number of rotatable bonds is 8. The quantitative estimate of drug-likeness (QED) is 0.533. The van der Waals surface area contributed by atoms with E-state index in [4.69, 9.17) is 0 Å². The van der Waals surface area contributed by atoms with Crippen LogP contribution in [-0.2, 0) is 20.8 Å². The average molecular weight is 355 g/mol. The van der Waals surface area contributed by atoms with Gasteiger partial charge in [-0.25, -0.2) is 13.1 Å². The molecule has 0 spiro atoms. The Morgan fingerprint density at radius 1 is 1.52 bits per heavy atom. The van der Waals surface area contributed by atoms with E-state index in [0.717, 1.165) is 17.4 Å². The largest absolute Gasteiger partial charge is 0.372 e. The van der Waals surface area contributed by atoms with Crippen molar-refractivity contribution >= 4 is 42.8 Å². The molecular weight excluding hydrogens is 338 g/mol. The molecule has 1 aromatic rings. The summed E-state index contributed by atoms with van der Waals surface area (Å²) in [7, 11) is -5.01. The maximum Gasteiger partial charge on any atom is 0.304 e. The van der Waals surface area contributed by atoms with Gasteiger partial charge < -0.3 is 5.32 Å². The van der Waals surface area contributed by atoms with E-state index in [1.165, 1.54) is 6.26 Å². The zero-order chi connectivity index (χ0) is 16.2. The summed E-state index contributed by atoms with van der Waals surface area (Å²) >= 11 is 0.801. The summed E-state index contributed by atoms with van der Waals surface area (Å²) in [5, 5.41) is 13.9. The predicted octanol–water partition coefficient (Wildman–Crippen LogP) is 1.13. The van der Waals surface area contributed by atoms with Gasteiger partial charge in [0.05, 0.1) is 4.92 Å². The monoisotopic (exact) mass is 355 g/mol. The van der Waals surface area contributed by atoms with E-state index in [1.807, 2.05) is 0 Å². The van der Waals surface area contributed by atoms with Crippen LogP contribution in [-0.4, -0.2) is 42.1 Å². The first-order valence-electron chi connectivity index (χ1n) is 6.01. The van der Waals surface area contributed by atoms with Gasteiger partial charge in [0.1, 0.15) is 4.21 Å². The lowest BCUT2D eigenvalue weighted by molar-refractivity contribution is -0.383.